The Labute approximate surface area is 308 Å². The minimum Gasteiger partial charge on any atom is -0.512 e. The second kappa shape index (κ2) is 15.3. The van der Waals surface area contributed by atoms with Crippen molar-refractivity contribution in [1.29, 1.82) is 0 Å². The molecular weight excluding hydrogens is 783 g/mol. The van der Waals surface area contributed by atoms with Crippen LogP contribution in [0.15, 0.2) is 78.6 Å². The summed E-state index contributed by atoms with van der Waals surface area (Å²) >= 11 is 0. The Morgan fingerprint density at radius 2 is 1.45 bits per heavy atom. The maximum atomic E-state index is 12.3. The molecule has 4 nitrogen and oxygen atoms in total. The van der Waals surface area contributed by atoms with Gasteiger partial charge in [0.1, 0.15) is 11.9 Å². The first-order valence-electron chi connectivity index (χ1n) is 17.8. The van der Waals surface area contributed by atoms with E-state index in [1.165, 1.54) is 33.7 Å². The van der Waals surface area contributed by atoms with Gasteiger partial charge < -0.3 is 9.84 Å². The molecule has 0 bridgehead atoms. The van der Waals surface area contributed by atoms with E-state index >= 15 is 0 Å². The van der Waals surface area contributed by atoms with Gasteiger partial charge in [0.25, 0.3) is 0 Å². The minimum atomic E-state index is -0.0685. The number of aliphatic hydroxyl groups is 1. The number of ketones is 1. The predicted molar refractivity (Wildman–Crippen MR) is 198 cm³/mol. The quantitative estimate of drug-likeness (QED) is 0.109. The van der Waals surface area contributed by atoms with Gasteiger partial charge in [-0.15, -0.1) is 29.3 Å². The number of aliphatic hydroxyl groups excluding tert-OH is 1. The molecule has 1 aliphatic carbocycles. The van der Waals surface area contributed by atoms with Gasteiger partial charge in [-0.25, -0.2) is 0 Å². The number of carbonyl (C=O) groups excluding carboxylic acids is 1. The number of allylic oxidation sites excluding steroid dienone is 2. The van der Waals surface area contributed by atoms with Crippen LogP contribution in [0.5, 0.6) is 5.75 Å². The molecule has 4 aromatic rings. The molecule has 1 N–H and O–H groups in total. The van der Waals surface area contributed by atoms with Crippen molar-refractivity contribution in [3.05, 3.63) is 107 Å². The van der Waals surface area contributed by atoms with E-state index in [1.54, 1.807) is 0 Å². The Balaban J connectivity index is 0.000000239. The number of aryl methyl sites for hydroxylation is 1. The third-order valence-corrected chi connectivity index (χ3v) is 10.6. The van der Waals surface area contributed by atoms with Crippen molar-refractivity contribution in [1.82, 2.24) is 4.98 Å². The molecule has 2 heterocycles. The molecular formula is C44H54IrNO3-. The molecule has 1 aliphatic heterocycles. The third kappa shape index (κ3) is 7.45. The molecule has 0 amide bonds. The van der Waals surface area contributed by atoms with E-state index in [0.29, 0.717) is 29.6 Å². The number of ether oxygens (including phenoxy) is 1. The van der Waals surface area contributed by atoms with Gasteiger partial charge in [0.2, 0.25) is 0 Å². The summed E-state index contributed by atoms with van der Waals surface area (Å²) in [6.45, 7) is 23.4. The minimum absolute atomic E-state index is 0. The van der Waals surface area contributed by atoms with Crippen LogP contribution in [0, 0.1) is 48.5 Å². The van der Waals surface area contributed by atoms with Crippen LogP contribution in [-0.2, 0) is 30.3 Å². The average molecular weight is 837 g/mol. The fourth-order valence-corrected chi connectivity index (χ4v) is 8.72. The van der Waals surface area contributed by atoms with Crippen LogP contribution in [0.1, 0.15) is 104 Å². The molecule has 1 aromatic heterocycles. The number of pyridine rings is 1. The molecule has 2 atom stereocenters. The van der Waals surface area contributed by atoms with Gasteiger partial charge in [-0.05, 0) is 59.4 Å². The normalized spacial score (nSPS) is 17.6. The molecule has 49 heavy (non-hydrogen) atoms. The number of benzene rings is 3. The molecule has 0 fully saturated rings. The van der Waals surface area contributed by atoms with Crippen molar-refractivity contribution < 1.29 is 34.7 Å². The van der Waals surface area contributed by atoms with Gasteiger partial charge in [-0.3, -0.25) is 9.78 Å². The summed E-state index contributed by atoms with van der Waals surface area (Å²) in [6, 6.07) is 26.8. The van der Waals surface area contributed by atoms with Gasteiger partial charge in [-0.2, -0.15) is 0 Å². The molecule has 2 aliphatic rings. The standard InChI is InChI=1S/C27H22NO.C17H32O2.Ir/c1-16-15-22(28-21-13-6-4-9-17(16)21)18-11-8-12-20-24(18)27(2,3)25-19-10-5-7-14-23(19)29-26(20)25;1-10(2)16(11(3)4)14(18)9-15(19)17(12(5)6)13(7)8;/h4-10,12-15,25-26H,1-3H3;9-13,16-18H,1-8H3;/q-1;;/b;14-9-;. The molecule has 3 aromatic carbocycles. The van der Waals surface area contributed by atoms with E-state index in [2.05, 4.69) is 143 Å². The summed E-state index contributed by atoms with van der Waals surface area (Å²) in [5, 5.41) is 11.5. The molecule has 263 valence electrons. The zero-order valence-corrected chi connectivity index (χ0v) is 33.5. The maximum Gasteiger partial charge on any atom is 0.162 e. The van der Waals surface area contributed by atoms with Crippen molar-refractivity contribution in [2.24, 2.45) is 35.5 Å². The van der Waals surface area contributed by atoms with Crippen LogP contribution in [0.2, 0.25) is 0 Å². The fraction of sp³-hybridized carbons (Fsp3) is 0.455. The zero-order valence-electron chi connectivity index (χ0n) is 31.1. The number of para-hydroxylation sites is 2. The number of hydrogen-bond donors (Lipinski definition) is 1. The number of carbonyl (C=O) groups is 1. The van der Waals surface area contributed by atoms with E-state index in [-0.39, 0.29) is 55.0 Å². The third-order valence-electron chi connectivity index (χ3n) is 10.6. The zero-order chi connectivity index (χ0) is 35.1. The molecule has 2 unspecified atom stereocenters. The molecule has 0 saturated heterocycles. The van der Waals surface area contributed by atoms with Crippen molar-refractivity contribution in [3.8, 4) is 17.0 Å². The van der Waals surface area contributed by atoms with E-state index in [1.807, 2.05) is 6.07 Å². The average Bonchev–Trinajstić information content (AvgIpc) is 3.50. The molecule has 0 saturated carbocycles. The second-order valence-electron chi connectivity index (χ2n) is 15.8. The number of rotatable bonds is 8. The van der Waals surface area contributed by atoms with Gasteiger partial charge in [0.05, 0.1) is 11.3 Å². The summed E-state index contributed by atoms with van der Waals surface area (Å²) in [5.74, 6) is 2.96. The molecule has 0 spiro atoms. The Morgan fingerprint density at radius 1 is 0.857 bits per heavy atom. The first kappa shape index (κ1) is 38.5. The maximum absolute atomic E-state index is 12.3. The van der Waals surface area contributed by atoms with Crippen molar-refractivity contribution in [3.63, 3.8) is 0 Å². The molecule has 1 radical (unpaired) electrons. The number of nitrogens with zero attached hydrogens (tertiary/aromatic N) is 1. The van der Waals surface area contributed by atoms with Crippen LogP contribution in [0.3, 0.4) is 0 Å². The van der Waals surface area contributed by atoms with E-state index < -0.39 is 0 Å². The van der Waals surface area contributed by atoms with Crippen LogP contribution in [0.25, 0.3) is 22.2 Å². The first-order chi connectivity index (χ1) is 22.6. The summed E-state index contributed by atoms with van der Waals surface area (Å²) < 4.78 is 6.44. The van der Waals surface area contributed by atoms with Gasteiger partial charge in [0.15, 0.2) is 5.78 Å². The second-order valence-corrected chi connectivity index (χ2v) is 15.8. The van der Waals surface area contributed by atoms with Crippen molar-refractivity contribution in [2.75, 3.05) is 0 Å². The number of aromatic nitrogens is 1. The van der Waals surface area contributed by atoms with E-state index in [4.69, 9.17) is 9.72 Å². The molecule has 5 heteroatoms. The van der Waals surface area contributed by atoms with Gasteiger partial charge in [0, 0.05) is 54.9 Å². The van der Waals surface area contributed by atoms with Crippen LogP contribution in [0.4, 0.5) is 0 Å². The van der Waals surface area contributed by atoms with Crippen LogP contribution in [-0.4, -0.2) is 15.9 Å². The topological polar surface area (TPSA) is 59.4 Å². The summed E-state index contributed by atoms with van der Waals surface area (Å²) in [5.41, 5.74) is 8.23. The Morgan fingerprint density at radius 3 is 2.08 bits per heavy atom. The molecule has 6 rings (SSSR count). The Kier molecular flexibility index (Phi) is 12.0. The Bertz CT molecular complexity index is 1800. The summed E-state index contributed by atoms with van der Waals surface area (Å²) in [4.78, 5) is 17.4. The SMILES string of the molecule is CC(C)C(C(=O)/C=C(\O)C(C(C)C)C(C)C)C(C)C.Cc1cc(-c2[c-]ccc3c2C(C)(C)C2c4ccccc4OC32)nc2ccccc12.[Ir]. The summed E-state index contributed by atoms with van der Waals surface area (Å²) in [6.07, 6.45) is 1.54. The number of fused-ring (bicyclic) bond motifs is 6. The summed E-state index contributed by atoms with van der Waals surface area (Å²) in [7, 11) is 0. The van der Waals surface area contributed by atoms with Gasteiger partial charge >= 0.3 is 0 Å². The fourth-order valence-electron chi connectivity index (χ4n) is 8.72. The van der Waals surface area contributed by atoms with Crippen LogP contribution < -0.4 is 4.74 Å². The number of hydrogen-bond acceptors (Lipinski definition) is 4. The predicted octanol–water partition coefficient (Wildman–Crippen LogP) is 11.4. The van der Waals surface area contributed by atoms with Crippen molar-refractivity contribution >= 4 is 16.7 Å². The van der Waals surface area contributed by atoms with Crippen LogP contribution >= 0.6 is 0 Å². The van der Waals surface area contributed by atoms with Crippen molar-refractivity contribution in [2.45, 2.75) is 93.6 Å². The van der Waals surface area contributed by atoms with E-state index in [0.717, 1.165) is 22.5 Å². The largest absolute Gasteiger partial charge is 0.512 e. The first-order valence-corrected chi connectivity index (χ1v) is 17.8. The Hall–Kier alpha value is -3.27. The van der Waals surface area contributed by atoms with E-state index in [9.17, 15) is 9.90 Å². The smallest absolute Gasteiger partial charge is 0.162 e. The monoisotopic (exact) mass is 837 g/mol. The van der Waals surface area contributed by atoms with Gasteiger partial charge in [-0.1, -0.05) is 117 Å².